The molecule has 4 heteroatoms. The fourth-order valence-corrected chi connectivity index (χ4v) is 3.16. The molecule has 21 heavy (non-hydrogen) atoms. The maximum absolute atomic E-state index is 12.2. The average molecular weight is 296 g/mol. The summed E-state index contributed by atoms with van der Waals surface area (Å²) in [5, 5.41) is 10.6. The molecule has 2 aromatic carbocycles. The zero-order valence-electron chi connectivity index (χ0n) is 11.1. The second kappa shape index (κ2) is 5.50. The van der Waals surface area contributed by atoms with Crippen LogP contribution in [-0.2, 0) is 0 Å². The third kappa shape index (κ3) is 2.71. The molecule has 0 bridgehead atoms. The van der Waals surface area contributed by atoms with Crippen LogP contribution in [0.2, 0.25) is 0 Å². The predicted molar refractivity (Wildman–Crippen MR) is 83.2 cm³/mol. The Kier molecular flexibility index (Phi) is 3.54. The molecule has 0 saturated carbocycles. The zero-order chi connectivity index (χ0) is 14.8. The summed E-state index contributed by atoms with van der Waals surface area (Å²) in [6.45, 7) is 0. The Hall–Kier alpha value is -2.46. The normalized spacial score (nSPS) is 10.7. The number of carbonyl (C=O) groups is 2. The van der Waals surface area contributed by atoms with E-state index in [4.69, 9.17) is 0 Å². The predicted octanol–water partition coefficient (Wildman–Crippen LogP) is 4.06. The van der Waals surface area contributed by atoms with Crippen molar-refractivity contribution in [2.24, 2.45) is 0 Å². The number of Topliss-reactive ketones (excluding diaryl/α,β-unsaturated/α-hetero) is 2. The van der Waals surface area contributed by atoms with Gasteiger partial charge in [-0.25, -0.2) is 0 Å². The van der Waals surface area contributed by atoms with Crippen molar-refractivity contribution in [3.05, 3.63) is 65.0 Å². The molecule has 3 aromatic rings. The Labute approximate surface area is 125 Å². The minimum atomic E-state index is -0.365. The van der Waals surface area contributed by atoms with E-state index in [-0.39, 0.29) is 29.3 Å². The van der Waals surface area contributed by atoms with Gasteiger partial charge in [-0.05, 0) is 29.7 Å². The summed E-state index contributed by atoms with van der Waals surface area (Å²) in [7, 11) is 0. The lowest BCUT2D eigenvalue weighted by atomic mass is 10.0. The molecule has 3 nitrogen and oxygen atoms in total. The van der Waals surface area contributed by atoms with Gasteiger partial charge in [0.05, 0.1) is 16.9 Å². The molecular formula is C17H12O3S. The van der Waals surface area contributed by atoms with E-state index in [0.717, 1.165) is 10.1 Å². The molecular weight excluding hydrogens is 284 g/mol. The second-order valence-corrected chi connectivity index (χ2v) is 5.77. The van der Waals surface area contributed by atoms with Crippen LogP contribution >= 0.6 is 11.3 Å². The van der Waals surface area contributed by atoms with Crippen LogP contribution in [0.15, 0.2) is 54.6 Å². The average Bonchev–Trinajstić information content (AvgIpc) is 2.91. The molecule has 0 radical (unpaired) electrons. The highest BCUT2D eigenvalue weighted by Crippen LogP contribution is 2.27. The quantitative estimate of drug-likeness (QED) is 0.583. The maximum Gasteiger partial charge on any atom is 0.180 e. The summed E-state index contributed by atoms with van der Waals surface area (Å²) < 4.78 is 1.02. The van der Waals surface area contributed by atoms with Crippen LogP contribution in [0.1, 0.15) is 26.5 Å². The van der Waals surface area contributed by atoms with Gasteiger partial charge in [-0.1, -0.05) is 30.3 Å². The number of para-hydroxylation sites is 1. The van der Waals surface area contributed by atoms with E-state index < -0.39 is 0 Å². The number of ketones is 2. The first-order valence-electron chi connectivity index (χ1n) is 6.48. The molecule has 104 valence electrons. The Bertz CT molecular complexity index is 800. The molecule has 1 N–H and O–H groups in total. The fourth-order valence-electron chi connectivity index (χ4n) is 2.16. The van der Waals surface area contributed by atoms with Crippen LogP contribution in [0.4, 0.5) is 0 Å². The SMILES string of the molecule is O=C(CC(=O)c1ccccc1O)c1cc2ccccc2s1. The van der Waals surface area contributed by atoms with E-state index in [1.807, 2.05) is 24.3 Å². The number of aromatic hydroxyl groups is 1. The lowest BCUT2D eigenvalue weighted by molar-refractivity contribution is 0.0895. The van der Waals surface area contributed by atoms with Crippen LogP contribution in [-0.4, -0.2) is 16.7 Å². The molecule has 0 aliphatic heterocycles. The van der Waals surface area contributed by atoms with Crippen LogP contribution < -0.4 is 0 Å². The summed E-state index contributed by atoms with van der Waals surface area (Å²) in [6.07, 6.45) is -0.232. The summed E-state index contributed by atoms with van der Waals surface area (Å²) in [6, 6.07) is 15.8. The van der Waals surface area contributed by atoms with Crippen molar-refractivity contribution in [1.29, 1.82) is 0 Å². The molecule has 0 aliphatic carbocycles. The monoisotopic (exact) mass is 296 g/mol. The van der Waals surface area contributed by atoms with Gasteiger partial charge >= 0.3 is 0 Å². The third-order valence-corrected chi connectivity index (χ3v) is 4.38. The lowest BCUT2D eigenvalue weighted by Crippen LogP contribution is -2.07. The number of hydrogen-bond acceptors (Lipinski definition) is 4. The van der Waals surface area contributed by atoms with Crippen molar-refractivity contribution >= 4 is 33.0 Å². The molecule has 0 aliphatic rings. The first-order valence-corrected chi connectivity index (χ1v) is 7.30. The van der Waals surface area contributed by atoms with Crippen LogP contribution in [0.25, 0.3) is 10.1 Å². The van der Waals surface area contributed by atoms with Crippen molar-refractivity contribution in [2.45, 2.75) is 6.42 Å². The molecule has 0 amide bonds. The largest absolute Gasteiger partial charge is 0.507 e. The summed E-state index contributed by atoms with van der Waals surface area (Å²) in [5.74, 6) is -0.674. The number of rotatable bonds is 4. The van der Waals surface area contributed by atoms with Crippen LogP contribution in [0, 0.1) is 0 Å². The van der Waals surface area contributed by atoms with Crippen molar-refractivity contribution < 1.29 is 14.7 Å². The Morgan fingerprint density at radius 2 is 1.67 bits per heavy atom. The highest BCUT2D eigenvalue weighted by Gasteiger charge is 2.17. The standard InChI is InChI=1S/C17H12O3S/c18-13-7-3-2-6-12(13)14(19)10-15(20)17-9-11-5-1-4-8-16(11)21-17/h1-9,18H,10H2. The van der Waals surface area contributed by atoms with E-state index in [1.54, 1.807) is 18.2 Å². The summed E-state index contributed by atoms with van der Waals surface area (Å²) in [5.41, 5.74) is 0.187. The van der Waals surface area contributed by atoms with E-state index in [1.165, 1.54) is 23.5 Å². The van der Waals surface area contributed by atoms with Gasteiger partial charge in [0.1, 0.15) is 5.75 Å². The molecule has 0 fully saturated rings. The Balaban J connectivity index is 1.83. The smallest absolute Gasteiger partial charge is 0.180 e. The van der Waals surface area contributed by atoms with Crippen molar-refractivity contribution in [1.82, 2.24) is 0 Å². The molecule has 1 heterocycles. The van der Waals surface area contributed by atoms with E-state index in [9.17, 15) is 14.7 Å². The van der Waals surface area contributed by atoms with Crippen molar-refractivity contribution in [2.75, 3.05) is 0 Å². The van der Waals surface area contributed by atoms with Gasteiger partial charge in [0, 0.05) is 4.70 Å². The van der Waals surface area contributed by atoms with Gasteiger partial charge in [-0.15, -0.1) is 11.3 Å². The molecule has 3 rings (SSSR count). The van der Waals surface area contributed by atoms with E-state index in [0.29, 0.717) is 4.88 Å². The minimum Gasteiger partial charge on any atom is -0.507 e. The van der Waals surface area contributed by atoms with E-state index in [2.05, 4.69) is 0 Å². The third-order valence-electron chi connectivity index (χ3n) is 3.23. The molecule has 0 saturated heterocycles. The maximum atomic E-state index is 12.2. The summed E-state index contributed by atoms with van der Waals surface area (Å²) >= 11 is 1.38. The number of fused-ring (bicyclic) bond motifs is 1. The molecule has 0 spiro atoms. The summed E-state index contributed by atoms with van der Waals surface area (Å²) in [4.78, 5) is 24.9. The first kappa shape index (κ1) is 13.5. The van der Waals surface area contributed by atoms with Crippen molar-refractivity contribution in [3.63, 3.8) is 0 Å². The van der Waals surface area contributed by atoms with Gasteiger partial charge in [-0.2, -0.15) is 0 Å². The van der Waals surface area contributed by atoms with Crippen LogP contribution in [0.5, 0.6) is 5.75 Å². The number of carbonyl (C=O) groups excluding carboxylic acids is 2. The minimum absolute atomic E-state index is 0.0911. The van der Waals surface area contributed by atoms with Gasteiger partial charge < -0.3 is 5.11 Å². The van der Waals surface area contributed by atoms with Crippen LogP contribution in [0.3, 0.4) is 0 Å². The Morgan fingerprint density at radius 3 is 2.43 bits per heavy atom. The number of phenols is 1. The van der Waals surface area contributed by atoms with Gasteiger partial charge in [0.25, 0.3) is 0 Å². The fraction of sp³-hybridized carbons (Fsp3) is 0.0588. The lowest BCUT2D eigenvalue weighted by Gasteiger charge is -2.01. The van der Waals surface area contributed by atoms with Crippen molar-refractivity contribution in [3.8, 4) is 5.75 Å². The number of hydrogen-bond donors (Lipinski definition) is 1. The van der Waals surface area contributed by atoms with Gasteiger partial charge in [-0.3, -0.25) is 9.59 Å². The van der Waals surface area contributed by atoms with Gasteiger partial charge in [0.2, 0.25) is 0 Å². The van der Waals surface area contributed by atoms with Gasteiger partial charge in [0.15, 0.2) is 11.6 Å². The molecule has 1 aromatic heterocycles. The van der Waals surface area contributed by atoms with E-state index >= 15 is 0 Å². The number of phenolic OH excluding ortho intramolecular Hbond substituents is 1. The first-order chi connectivity index (χ1) is 10.1. The second-order valence-electron chi connectivity index (χ2n) is 4.69. The molecule has 0 unspecified atom stereocenters. The highest BCUT2D eigenvalue weighted by atomic mass is 32.1. The topological polar surface area (TPSA) is 54.4 Å². The number of thiophene rings is 1. The Morgan fingerprint density at radius 1 is 0.952 bits per heavy atom. The highest BCUT2D eigenvalue weighted by molar-refractivity contribution is 7.20. The zero-order valence-corrected chi connectivity index (χ0v) is 11.9. The number of benzene rings is 2. The molecule has 0 atom stereocenters.